The van der Waals surface area contributed by atoms with E-state index in [4.69, 9.17) is 4.74 Å². The minimum atomic E-state index is -0.385. The van der Waals surface area contributed by atoms with Gasteiger partial charge < -0.3 is 15.0 Å². The molecule has 0 saturated carbocycles. The van der Waals surface area contributed by atoms with E-state index >= 15 is 0 Å². The Kier molecular flexibility index (Phi) is 4.29. The van der Waals surface area contributed by atoms with Crippen LogP contribution in [0.4, 0.5) is 5.69 Å². The summed E-state index contributed by atoms with van der Waals surface area (Å²) in [6.45, 7) is 1.29. The molecular formula is C21H21N5O2. The molecule has 142 valence electrons. The van der Waals surface area contributed by atoms with Gasteiger partial charge in [-0.25, -0.2) is 0 Å². The van der Waals surface area contributed by atoms with Crippen molar-refractivity contribution in [1.29, 1.82) is 0 Å². The topological polar surface area (TPSA) is 72.3 Å². The first-order valence-electron chi connectivity index (χ1n) is 9.55. The molecule has 7 nitrogen and oxygen atoms in total. The minimum absolute atomic E-state index is 0.0101. The first kappa shape index (κ1) is 16.9. The molecule has 3 heterocycles. The van der Waals surface area contributed by atoms with Crippen LogP contribution in [0.1, 0.15) is 35.1 Å². The monoisotopic (exact) mass is 375 g/mol. The van der Waals surface area contributed by atoms with Crippen LogP contribution in [0, 0.1) is 0 Å². The predicted octanol–water partition coefficient (Wildman–Crippen LogP) is 3.01. The molecule has 1 saturated heterocycles. The summed E-state index contributed by atoms with van der Waals surface area (Å²) in [4.78, 5) is 16.6. The van der Waals surface area contributed by atoms with Crippen LogP contribution in [0.15, 0.2) is 60.8 Å². The highest BCUT2D eigenvalue weighted by Crippen LogP contribution is 2.33. The third kappa shape index (κ3) is 3.03. The molecule has 2 atom stereocenters. The molecule has 2 aliphatic rings. The number of carbonyl (C=O) groups excluding carboxylic acids is 1. The summed E-state index contributed by atoms with van der Waals surface area (Å²) >= 11 is 0. The third-order valence-electron chi connectivity index (χ3n) is 5.22. The zero-order valence-electron chi connectivity index (χ0n) is 15.4. The van der Waals surface area contributed by atoms with Gasteiger partial charge in [-0.1, -0.05) is 30.3 Å². The van der Waals surface area contributed by atoms with Gasteiger partial charge in [0.2, 0.25) is 0 Å². The number of ether oxygens (including phenoxy) is 1. The standard InChI is InChI=1S/C21H21N5O2/c27-21-17-10-4-5-11-18(17)23-20(25(21)14-16-9-6-12-28-16)19-13-22-26(24-19)15-7-2-1-3-8-15/h1-5,7-8,10-11,13,16,20,23H,6,9,12,14H2/t16-,20+/m0/s1. The molecule has 1 N–H and O–H groups in total. The molecule has 1 fully saturated rings. The first-order valence-corrected chi connectivity index (χ1v) is 9.55. The predicted molar refractivity (Wildman–Crippen MR) is 104 cm³/mol. The lowest BCUT2D eigenvalue weighted by molar-refractivity contribution is 0.0422. The third-order valence-corrected chi connectivity index (χ3v) is 5.22. The zero-order valence-corrected chi connectivity index (χ0v) is 15.4. The van der Waals surface area contributed by atoms with E-state index in [1.807, 2.05) is 59.5 Å². The minimum Gasteiger partial charge on any atom is -0.376 e. The number of benzene rings is 2. The smallest absolute Gasteiger partial charge is 0.257 e. The maximum atomic E-state index is 13.2. The highest BCUT2D eigenvalue weighted by Gasteiger charge is 2.36. The first-order chi connectivity index (χ1) is 13.8. The Balaban J connectivity index is 1.50. The number of para-hydroxylation sites is 2. The Bertz CT molecular complexity index is 981. The SMILES string of the molecule is O=C1c2ccccc2N[C@@H](c2cnn(-c3ccccc3)n2)N1C[C@@H]1CCCO1. The molecule has 1 amide bonds. The molecular weight excluding hydrogens is 354 g/mol. The van der Waals surface area contributed by atoms with E-state index in [-0.39, 0.29) is 18.2 Å². The average molecular weight is 375 g/mol. The second-order valence-electron chi connectivity index (χ2n) is 7.08. The van der Waals surface area contributed by atoms with E-state index in [2.05, 4.69) is 15.5 Å². The van der Waals surface area contributed by atoms with Gasteiger partial charge in [-0.15, -0.1) is 5.10 Å². The number of anilines is 1. The number of aromatic nitrogens is 3. The van der Waals surface area contributed by atoms with E-state index < -0.39 is 0 Å². The number of nitrogens with zero attached hydrogens (tertiary/aromatic N) is 4. The molecule has 7 heteroatoms. The van der Waals surface area contributed by atoms with Gasteiger partial charge in [0.05, 0.1) is 23.6 Å². The Morgan fingerprint density at radius 3 is 2.75 bits per heavy atom. The van der Waals surface area contributed by atoms with Gasteiger partial charge in [-0.2, -0.15) is 9.90 Å². The number of hydrogen-bond acceptors (Lipinski definition) is 5. The lowest BCUT2D eigenvalue weighted by Gasteiger charge is -2.37. The van der Waals surface area contributed by atoms with Crippen LogP contribution < -0.4 is 5.32 Å². The van der Waals surface area contributed by atoms with Gasteiger partial charge in [0.15, 0.2) is 0 Å². The van der Waals surface area contributed by atoms with E-state index in [1.165, 1.54) is 0 Å². The number of amides is 1. The summed E-state index contributed by atoms with van der Waals surface area (Å²) in [5, 5.41) is 12.5. The number of hydrogen-bond donors (Lipinski definition) is 1. The van der Waals surface area contributed by atoms with Crippen LogP contribution >= 0.6 is 0 Å². The van der Waals surface area contributed by atoms with Gasteiger partial charge in [0.1, 0.15) is 11.9 Å². The Morgan fingerprint density at radius 1 is 1.11 bits per heavy atom. The maximum Gasteiger partial charge on any atom is 0.257 e. The lowest BCUT2D eigenvalue weighted by Crippen LogP contribution is -2.46. The largest absolute Gasteiger partial charge is 0.376 e. The number of carbonyl (C=O) groups is 1. The second-order valence-corrected chi connectivity index (χ2v) is 7.08. The van der Waals surface area contributed by atoms with Crippen molar-refractivity contribution >= 4 is 11.6 Å². The Labute approximate surface area is 162 Å². The summed E-state index contributed by atoms with van der Waals surface area (Å²) in [6, 6.07) is 17.3. The van der Waals surface area contributed by atoms with Crippen LogP contribution in [0.2, 0.25) is 0 Å². The highest BCUT2D eigenvalue weighted by molar-refractivity contribution is 6.01. The van der Waals surface area contributed by atoms with E-state index in [9.17, 15) is 4.79 Å². The molecule has 5 rings (SSSR count). The number of fused-ring (bicyclic) bond motifs is 1. The van der Waals surface area contributed by atoms with Crippen LogP contribution in [-0.4, -0.2) is 45.1 Å². The summed E-state index contributed by atoms with van der Waals surface area (Å²) in [5.74, 6) is -0.0101. The van der Waals surface area contributed by atoms with Crippen molar-refractivity contribution in [3.8, 4) is 5.69 Å². The van der Waals surface area contributed by atoms with Crippen molar-refractivity contribution < 1.29 is 9.53 Å². The molecule has 0 aliphatic carbocycles. The molecule has 2 aliphatic heterocycles. The quantitative estimate of drug-likeness (QED) is 0.759. The Hall–Kier alpha value is -3.19. The molecule has 2 aromatic carbocycles. The molecule has 3 aromatic rings. The van der Waals surface area contributed by atoms with Crippen molar-refractivity contribution in [2.45, 2.75) is 25.1 Å². The Morgan fingerprint density at radius 2 is 1.93 bits per heavy atom. The summed E-state index contributed by atoms with van der Waals surface area (Å²) < 4.78 is 5.79. The zero-order chi connectivity index (χ0) is 18.9. The molecule has 0 spiro atoms. The highest BCUT2D eigenvalue weighted by atomic mass is 16.5. The average Bonchev–Trinajstić information content (AvgIpc) is 3.43. The molecule has 0 unspecified atom stereocenters. The molecule has 28 heavy (non-hydrogen) atoms. The fourth-order valence-corrected chi connectivity index (χ4v) is 3.81. The maximum absolute atomic E-state index is 13.2. The number of nitrogens with one attached hydrogen (secondary N) is 1. The molecule has 1 aromatic heterocycles. The molecule has 0 bridgehead atoms. The van der Waals surface area contributed by atoms with Crippen molar-refractivity contribution in [3.05, 3.63) is 72.1 Å². The van der Waals surface area contributed by atoms with Crippen molar-refractivity contribution in [3.63, 3.8) is 0 Å². The van der Waals surface area contributed by atoms with Crippen molar-refractivity contribution in [2.75, 3.05) is 18.5 Å². The van der Waals surface area contributed by atoms with Gasteiger partial charge >= 0.3 is 0 Å². The second kappa shape index (κ2) is 7.09. The normalized spacial score (nSPS) is 21.4. The van der Waals surface area contributed by atoms with Crippen LogP contribution in [0.3, 0.4) is 0 Å². The molecule has 0 radical (unpaired) electrons. The van der Waals surface area contributed by atoms with E-state index in [0.29, 0.717) is 17.8 Å². The summed E-state index contributed by atoms with van der Waals surface area (Å²) in [5.41, 5.74) is 3.06. The van der Waals surface area contributed by atoms with Crippen LogP contribution in [-0.2, 0) is 4.74 Å². The fourth-order valence-electron chi connectivity index (χ4n) is 3.81. The van der Waals surface area contributed by atoms with Gasteiger partial charge in [0.25, 0.3) is 5.91 Å². The van der Waals surface area contributed by atoms with Crippen molar-refractivity contribution in [1.82, 2.24) is 19.9 Å². The number of rotatable bonds is 4. The van der Waals surface area contributed by atoms with Gasteiger partial charge in [-0.3, -0.25) is 4.79 Å². The van der Waals surface area contributed by atoms with Gasteiger partial charge in [0, 0.05) is 18.8 Å². The van der Waals surface area contributed by atoms with E-state index in [0.717, 1.165) is 30.8 Å². The van der Waals surface area contributed by atoms with E-state index in [1.54, 1.807) is 11.0 Å². The lowest BCUT2D eigenvalue weighted by atomic mass is 10.1. The summed E-state index contributed by atoms with van der Waals surface area (Å²) in [6.07, 6.45) is 3.39. The van der Waals surface area contributed by atoms with Crippen LogP contribution in [0.5, 0.6) is 0 Å². The fraction of sp³-hybridized carbons (Fsp3) is 0.286. The van der Waals surface area contributed by atoms with Gasteiger partial charge in [-0.05, 0) is 37.1 Å². The van der Waals surface area contributed by atoms with Crippen molar-refractivity contribution in [2.24, 2.45) is 0 Å². The summed E-state index contributed by atoms with van der Waals surface area (Å²) in [7, 11) is 0. The van der Waals surface area contributed by atoms with Crippen LogP contribution in [0.25, 0.3) is 5.69 Å².